The SMILES string of the molecule is CCN(CCCO)Cc1ccc([N+](=O)[O-])o1. The molecule has 16 heavy (non-hydrogen) atoms. The smallest absolute Gasteiger partial charge is 0.404 e. The van der Waals surface area contributed by atoms with Crippen molar-refractivity contribution in [1.82, 2.24) is 4.90 Å². The Hall–Kier alpha value is -1.40. The van der Waals surface area contributed by atoms with Crippen LogP contribution in [0.5, 0.6) is 0 Å². The summed E-state index contributed by atoms with van der Waals surface area (Å²) in [4.78, 5) is 11.9. The lowest BCUT2D eigenvalue weighted by molar-refractivity contribution is -0.402. The topological polar surface area (TPSA) is 79.8 Å². The summed E-state index contributed by atoms with van der Waals surface area (Å²) in [5.41, 5.74) is 0. The predicted molar refractivity (Wildman–Crippen MR) is 58.0 cm³/mol. The van der Waals surface area contributed by atoms with Gasteiger partial charge < -0.3 is 9.52 Å². The first-order valence-corrected chi connectivity index (χ1v) is 5.23. The monoisotopic (exact) mass is 228 g/mol. The Morgan fingerprint density at radius 3 is 2.81 bits per heavy atom. The molecule has 0 amide bonds. The van der Waals surface area contributed by atoms with E-state index in [9.17, 15) is 10.1 Å². The molecule has 0 saturated heterocycles. The van der Waals surface area contributed by atoms with E-state index in [1.807, 2.05) is 6.92 Å². The average Bonchev–Trinajstić information content (AvgIpc) is 2.72. The van der Waals surface area contributed by atoms with E-state index in [4.69, 9.17) is 9.52 Å². The Balaban J connectivity index is 2.52. The van der Waals surface area contributed by atoms with Gasteiger partial charge >= 0.3 is 5.88 Å². The summed E-state index contributed by atoms with van der Waals surface area (Å²) in [5, 5.41) is 19.1. The summed E-state index contributed by atoms with van der Waals surface area (Å²) in [6.07, 6.45) is 0.691. The molecular weight excluding hydrogens is 212 g/mol. The highest BCUT2D eigenvalue weighted by molar-refractivity contribution is 5.17. The van der Waals surface area contributed by atoms with Crippen LogP contribution in [0.4, 0.5) is 5.88 Å². The number of hydrogen-bond acceptors (Lipinski definition) is 5. The Bertz CT molecular complexity index is 337. The molecule has 6 nitrogen and oxygen atoms in total. The molecule has 0 aromatic carbocycles. The lowest BCUT2D eigenvalue weighted by Gasteiger charge is -2.17. The van der Waals surface area contributed by atoms with Gasteiger partial charge in [-0.15, -0.1) is 0 Å². The molecule has 90 valence electrons. The standard InChI is InChI=1S/C10H16N2O4/c1-2-11(6-3-7-13)8-9-4-5-10(16-9)12(14)15/h4-5,13H,2-3,6-8H2,1H3. The summed E-state index contributed by atoms with van der Waals surface area (Å²) < 4.78 is 5.05. The molecule has 0 spiro atoms. The van der Waals surface area contributed by atoms with Gasteiger partial charge in [0.2, 0.25) is 0 Å². The first-order chi connectivity index (χ1) is 7.67. The van der Waals surface area contributed by atoms with Crippen molar-refractivity contribution in [1.29, 1.82) is 0 Å². The second-order valence-corrected chi connectivity index (χ2v) is 3.44. The van der Waals surface area contributed by atoms with E-state index in [2.05, 4.69) is 4.90 Å². The molecule has 1 aromatic heterocycles. The van der Waals surface area contributed by atoms with E-state index in [-0.39, 0.29) is 12.5 Å². The molecular formula is C10H16N2O4. The maximum absolute atomic E-state index is 10.4. The van der Waals surface area contributed by atoms with Crippen LogP contribution in [0.15, 0.2) is 16.5 Å². The van der Waals surface area contributed by atoms with Gasteiger partial charge in [-0.3, -0.25) is 15.0 Å². The van der Waals surface area contributed by atoms with Crippen molar-refractivity contribution in [3.05, 3.63) is 28.0 Å². The summed E-state index contributed by atoms with van der Waals surface area (Å²) >= 11 is 0. The lowest BCUT2D eigenvalue weighted by Crippen LogP contribution is -2.24. The fourth-order valence-corrected chi connectivity index (χ4v) is 1.41. The van der Waals surface area contributed by atoms with Gasteiger partial charge in [0.15, 0.2) is 0 Å². The Morgan fingerprint density at radius 2 is 2.31 bits per heavy atom. The highest BCUT2D eigenvalue weighted by Crippen LogP contribution is 2.17. The highest BCUT2D eigenvalue weighted by Gasteiger charge is 2.13. The molecule has 0 aliphatic carbocycles. The largest absolute Gasteiger partial charge is 0.433 e. The summed E-state index contributed by atoms with van der Waals surface area (Å²) in [5.74, 6) is 0.347. The van der Waals surface area contributed by atoms with Crippen LogP contribution in [0.1, 0.15) is 19.1 Å². The van der Waals surface area contributed by atoms with Gasteiger partial charge in [-0.05, 0) is 19.0 Å². The van der Waals surface area contributed by atoms with Crippen molar-refractivity contribution < 1.29 is 14.4 Å². The van der Waals surface area contributed by atoms with Crippen LogP contribution in [-0.4, -0.2) is 34.6 Å². The van der Waals surface area contributed by atoms with E-state index >= 15 is 0 Å². The number of hydrogen-bond donors (Lipinski definition) is 1. The van der Waals surface area contributed by atoms with Crippen LogP contribution < -0.4 is 0 Å². The zero-order valence-corrected chi connectivity index (χ0v) is 9.26. The van der Waals surface area contributed by atoms with Crippen LogP contribution in [0.25, 0.3) is 0 Å². The van der Waals surface area contributed by atoms with Gasteiger partial charge in [-0.25, -0.2) is 0 Å². The van der Waals surface area contributed by atoms with Crippen molar-refractivity contribution in [2.75, 3.05) is 19.7 Å². The third kappa shape index (κ3) is 3.63. The van der Waals surface area contributed by atoms with Gasteiger partial charge in [0.05, 0.1) is 12.6 Å². The molecule has 0 aliphatic rings. The molecule has 0 bridgehead atoms. The van der Waals surface area contributed by atoms with Crippen molar-refractivity contribution in [2.45, 2.75) is 19.9 Å². The highest BCUT2D eigenvalue weighted by atomic mass is 16.6. The van der Waals surface area contributed by atoms with E-state index in [1.54, 1.807) is 6.07 Å². The number of nitro groups is 1. The van der Waals surface area contributed by atoms with Gasteiger partial charge in [0, 0.05) is 13.2 Å². The fourth-order valence-electron chi connectivity index (χ4n) is 1.41. The maximum Gasteiger partial charge on any atom is 0.433 e. The van der Waals surface area contributed by atoms with E-state index in [0.29, 0.717) is 18.7 Å². The van der Waals surface area contributed by atoms with Crippen LogP contribution in [0.2, 0.25) is 0 Å². The molecule has 0 saturated carbocycles. The minimum Gasteiger partial charge on any atom is -0.404 e. The van der Waals surface area contributed by atoms with Crippen LogP contribution in [0, 0.1) is 10.1 Å². The first-order valence-electron chi connectivity index (χ1n) is 5.23. The van der Waals surface area contributed by atoms with Crippen LogP contribution in [-0.2, 0) is 6.54 Å². The molecule has 0 fully saturated rings. The van der Waals surface area contributed by atoms with E-state index < -0.39 is 4.92 Å². The van der Waals surface area contributed by atoms with E-state index in [1.165, 1.54) is 6.07 Å². The molecule has 0 radical (unpaired) electrons. The first kappa shape index (κ1) is 12.7. The van der Waals surface area contributed by atoms with Crippen molar-refractivity contribution in [2.24, 2.45) is 0 Å². The summed E-state index contributed by atoms with van der Waals surface area (Å²) in [7, 11) is 0. The molecule has 1 rings (SSSR count). The molecule has 1 aromatic rings. The minimum atomic E-state index is -0.548. The van der Waals surface area contributed by atoms with Crippen LogP contribution in [0.3, 0.4) is 0 Å². The molecule has 0 unspecified atom stereocenters. The molecule has 1 N–H and O–H groups in total. The number of aliphatic hydroxyl groups excluding tert-OH is 1. The molecule has 0 aliphatic heterocycles. The Labute approximate surface area is 93.6 Å². The summed E-state index contributed by atoms with van der Waals surface area (Å²) in [6, 6.07) is 2.97. The third-order valence-corrected chi connectivity index (χ3v) is 2.29. The number of furan rings is 1. The molecule has 0 atom stereocenters. The number of nitrogens with zero attached hydrogens (tertiary/aromatic N) is 2. The number of rotatable bonds is 7. The van der Waals surface area contributed by atoms with Crippen molar-refractivity contribution in [3.8, 4) is 0 Å². The second-order valence-electron chi connectivity index (χ2n) is 3.44. The molecule has 6 heteroatoms. The normalized spacial score (nSPS) is 10.9. The van der Waals surface area contributed by atoms with Crippen molar-refractivity contribution >= 4 is 5.88 Å². The van der Waals surface area contributed by atoms with Crippen LogP contribution >= 0.6 is 0 Å². The average molecular weight is 228 g/mol. The van der Waals surface area contributed by atoms with E-state index in [0.717, 1.165) is 13.1 Å². The van der Waals surface area contributed by atoms with Gasteiger partial charge in [0.25, 0.3) is 0 Å². The van der Waals surface area contributed by atoms with Gasteiger partial charge in [-0.2, -0.15) is 0 Å². The summed E-state index contributed by atoms with van der Waals surface area (Å²) in [6.45, 7) is 4.24. The fraction of sp³-hybridized carbons (Fsp3) is 0.600. The minimum absolute atomic E-state index is 0.148. The van der Waals surface area contributed by atoms with Gasteiger partial charge in [0.1, 0.15) is 10.7 Å². The Morgan fingerprint density at radius 1 is 1.56 bits per heavy atom. The third-order valence-electron chi connectivity index (χ3n) is 2.29. The predicted octanol–water partition coefficient (Wildman–Crippen LogP) is 1.39. The zero-order chi connectivity index (χ0) is 12.0. The zero-order valence-electron chi connectivity index (χ0n) is 9.26. The lowest BCUT2D eigenvalue weighted by atomic mass is 10.3. The Kier molecular flexibility index (Phi) is 4.94. The van der Waals surface area contributed by atoms with Crippen molar-refractivity contribution in [3.63, 3.8) is 0 Å². The maximum atomic E-state index is 10.4. The number of aliphatic hydroxyl groups is 1. The second kappa shape index (κ2) is 6.24. The van der Waals surface area contributed by atoms with Gasteiger partial charge in [-0.1, -0.05) is 6.92 Å². The molecule has 1 heterocycles. The quantitative estimate of drug-likeness (QED) is 0.563.